The van der Waals surface area contributed by atoms with Crippen molar-refractivity contribution >= 4 is 5.91 Å². The van der Waals surface area contributed by atoms with Crippen LogP contribution in [-0.2, 0) is 11.2 Å². The minimum absolute atomic E-state index is 0.309. The second kappa shape index (κ2) is 6.89. The molecule has 0 bridgehead atoms. The number of nitrogens with one attached hydrogen (secondary N) is 1. The molecule has 0 aromatic heterocycles. The van der Waals surface area contributed by atoms with Crippen molar-refractivity contribution in [2.75, 3.05) is 26.2 Å². The average molecular weight is 274 g/mol. The lowest BCUT2D eigenvalue weighted by Crippen LogP contribution is -2.46. The van der Waals surface area contributed by atoms with Crippen LogP contribution in [0.2, 0.25) is 0 Å². The van der Waals surface area contributed by atoms with Gasteiger partial charge in [0.15, 0.2) is 0 Å². The van der Waals surface area contributed by atoms with E-state index in [0.717, 1.165) is 32.6 Å². The monoisotopic (exact) mass is 274 g/mol. The average Bonchev–Trinajstić information content (AvgIpc) is 2.38. The summed E-state index contributed by atoms with van der Waals surface area (Å²) in [4.78, 5) is 14.2. The Bertz CT molecular complexity index is 444. The van der Waals surface area contributed by atoms with Crippen LogP contribution in [0.15, 0.2) is 18.2 Å². The molecule has 0 aliphatic carbocycles. The van der Waals surface area contributed by atoms with Crippen LogP contribution < -0.4 is 5.32 Å². The van der Waals surface area contributed by atoms with Gasteiger partial charge in [-0.05, 0) is 31.7 Å². The summed E-state index contributed by atoms with van der Waals surface area (Å²) in [6.07, 6.45) is 1.65. The molecule has 1 N–H and O–H groups in total. The Balaban J connectivity index is 1.88. The molecule has 1 saturated heterocycles. The molecule has 1 unspecified atom stereocenters. The van der Waals surface area contributed by atoms with E-state index >= 15 is 0 Å². The molecule has 3 nitrogen and oxygen atoms in total. The maximum atomic E-state index is 12.2. The van der Waals surface area contributed by atoms with Gasteiger partial charge in [-0.15, -0.1) is 0 Å². The normalized spacial score (nSPS) is 17.1. The second-order valence-corrected chi connectivity index (χ2v) is 6.14. The van der Waals surface area contributed by atoms with Gasteiger partial charge in [-0.2, -0.15) is 0 Å². The summed E-state index contributed by atoms with van der Waals surface area (Å²) in [7, 11) is 0. The van der Waals surface area contributed by atoms with Gasteiger partial charge >= 0.3 is 0 Å². The fourth-order valence-corrected chi connectivity index (χ4v) is 3.00. The molecule has 1 atom stereocenters. The number of aryl methyl sites for hydroxylation is 2. The Morgan fingerprint density at radius 2 is 1.80 bits per heavy atom. The van der Waals surface area contributed by atoms with E-state index in [9.17, 15) is 4.79 Å². The third-order valence-corrected chi connectivity index (χ3v) is 3.86. The van der Waals surface area contributed by atoms with Crippen molar-refractivity contribution < 1.29 is 4.79 Å². The minimum Gasteiger partial charge on any atom is -0.340 e. The van der Waals surface area contributed by atoms with Crippen LogP contribution in [0.3, 0.4) is 0 Å². The highest BCUT2D eigenvalue weighted by Gasteiger charge is 2.18. The quantitative estimate of drug-likeness (QED) is 0.914. The van der Waals surface area contributed by atoms with E-state index in [-0.39, 0.29) is 0 Å². The van der Waals surface area contributed by atoms with Crippen LogP contribution in [0.25, 0.3) is 0 Å². The number of nitrogens with zero attached hydrogens (tertiary/aromatic N) is 1. The van der Waals surface area contributed by atoms with Gasteiger partial charge in [-0.25, -0.2) is 0 Å². The summed E-state index contributed by atoms with van der Waals surface area (Å²) in [5.41, 5.74) is 3.96. The minimum atomic E-state index is 0.309. The number of carbonyl (C=O) groups excluding carboxylic acids is 1. The lowest BCUT2D eigenvalue weighted by molar-refractivity contribution is -0.132. The first-order chi connectivity index (χ1) is 9.54. The van der Waals surface area contributed by atoms with Crippen molar-refractivity contribution in [2.24, 2.45) is 5.92 Å². The van der Waals surface area contributed by atoms with Gasteiger partial charge < -0.3 is 10.2 Å². The fraction of sp³-hybridized carbons (Fsp3) is 0.588. The Labute approximate surface area is 122 Å². The zero-order valence-corrected chi connectivity index (χ0v) is 12.9. The van der Waals surface area contributed by atoms with Crippen molar-refractivity contribution in [3.63, 3.8) is 0 Å². The zero-order chi connectivity index (χ0) is 14.5. The largest absolute Gasteiger partial charge is 0.340 e. The van der Waals surface area contributed by atoms with Gasteiger partial charge in [0.1, 0.15) is 0 Å². The molecule has 1 aliphatic heterocycles. The van der Waals surface area contributed by atoms with Gasteiger partial charge in [-0.1, -0.05) is 36.2 Å². The number of hydrogen-bond donors (Lipinski definition) is 1. The predicted octanol–water partition coefficient (Wildman–Crippen LogP) is 2.30. The molecule has 1 fully saturated rings. The van der Waals surface area contributed by atoms with Crippen LogP contribution in [-0.4, -0.2) is 37.0 Å². The molecule has 1 amide bonds. The Kier molecular flexibility index (Phi) is 5.18. The van der Waals surface area contributed by atoms with Crippen LogP contribution >= 0.6 is 0 Å². The molecule has 1 aliphatic rings. The molecule has 0 spiro atoms. The summed E-state index contributed by atoms with van der Waals surface area (Å²) < 4.78 is 0. The lowest BCUT2D eigenvalue weighted by atomic mass is 9.95. The van der Waals surface area contributed by atoms with Crippen molar-refractivity contribution in [3.05, 3.63) is 34.9 Å². The Hall–Kier alpha value is -1.35. The molecule has 0 saturated carbocycles. The van der Waals surface area contributed by atoms with Crippen molar-refractivity contribution in [1.29, 1.82) is 0 Å². The smallest absolute Gasteiger partial charge is 0.222 e. The number of piperazine rings is 1. The highest BCUT2D eigenvalue weighted by atomic mass is 16.2. The zero-order valence-electron chi connectivity index (χ0n) is 12.9. The van der Waals surface area contributed by atoms with Crippen LogP contribution in [0.1, 0.15) is 30.0 Å². The molecular weight excluding hydrogens is 248 g/mol. The molecule has 2 rings (SSSR count). The van der Waals surface area contributed by atoms with Crippen molar-refractivity contribution in [1.82, 2.24) is 10.2 Å². The van der Waals surface area contributed by atoms with Crippen molar-refractivity contribution in [3.8, 4) is 0 Å². The lowest BCUT2D eigenvalue weighted by Gasteiger charge is -2.28. The van der Waals surface area contributed by atoms with Gasteiger partial charge in [-0.3, -0.25) is 4.79 Å². The van der Waals surface area contributed by atoms with Crippen LogP contribution in [0, 0.1) is 19.8 Å². The van der Waals surface area contributed by atoms with E-state index in [4.69, 9.17) is 0 Å². The van der Waals surface area contributed by atoms with Gasteiger partial charge in [0, 0.05) is 32.6 Å². The maximum Gasteiger partial charge on any atom is 0.222 e. The summed E-state index contributed by atoms with van der Waals surface area (Å²) >= 11 is 0. The van der Waals surface area contributed by atoms with E-state index < -0.39 is 0 Å². The first-order valence-corrected chi connectivity index (χ1v) is 7.60. The molecule has 1 aromatic carbocycles. The molecular formula is C17H26N2O. The molecule has 110 valence electrons. The molecule has 1 heterocycles. The van der Waals surface area contributed by atoms with Crippen molar-refractivity contribution in [2.45, 2.75) is 33.6 Å². The number of benzene rings is 1. The molecule has 3 heteroatoms. The maximum absolute atomic E-state index is 12.2. The van der Waals surface area contributed by atoms with E-state index in [1.54, 1.807) is 0 Å². The second-order valence-electron chi connectivity index (χ2n) is 6.14. The topological polar surface area (TPSA) is 32.3 Å². The summed E-state index contributed by atoms with van der Waals surface area (Å²) in [6, 6.07) is 6.66. The standard InChI is InChI=1S/C17H26N2O/c1-13-8-14(2)10-16(9-13)11-15(3)12-17(20)19-6-4-18-5-7-19/h8-10,15,18H,4-7,11-12H2,1-3H3. The third kappa shape index (κ3) is 4.34. The van der Waals surface area contributed by atoms with Gasteiger partial charge in [0.2, 0.25) is 5.91 Å². The van der Waals surface area contributed by atoms with E-state index in [1.807, 2.05) is 4.90 Å². The molecule has 0 radical (unpaired) electrons. The van der Waals surface area contributed by atoms with Gasteiger partial charge in [0.05, 0.1) is 0 Å². The van der Waals surface area contributed by atoms with Crippen LogP contribution in [0.5, 0.6) is 0 Å². The van der Waals surface area contributed by atoms with Gasteiger partial charge in [0.25, 0.3) is 0 Å². The summed E-state index contributed by atoms with van der Waals surface area (Å²) in [5.74, 6) is 0.710. The summed E-state index contributed by atoms with van der Waals surface area (Å²) in [5, 5.41) is 3.28. The number of rotatable bonds is 4. The first-order valence-electron chi connectivity index (χ1n) is 7.60. The predicted molar refractivity (Wildman–Crippen MR) is 82.9 cm³/mol. The number of hydrogen-bond acceptors (Lipinski definition) is 2. The summed E-state index contributed by atoms with van der Waals surface area (Å²) in [6.45, 7) is 10.0. The fourth-order valence-electron chi connectivity index (χ4n) is 3.00. The Morgan fingerprint density at radius 3 is 2.40 bits per heavy atom. The number of carbonyl (C=O) groups is 1. The highest BCUT2D eigenvalue weighted by molar-refractivity contribution is 5.76. The highest BCUT2D eigenvalue weighted by Crippen LogP contribution is 2.16. The first kappa shape index (κ1) is 15.0. The number of amides is 1. The molecule has 20 heavy (non-hydrogen) atoms. The van der Waals surface area contributed by atoms with E-state index in [2.05, 4.69) is 44.3 Å². The van der Waals surface area contributed by atoms with E-state index in [1.165, 1.54) is 16.7 Å². The SMILES string of the molecule is Cc1cc(C)cc(CC(C)CC(=O)N2CCNCC2)c1. The third-order valence-electron chi connectivity index (χ3n) is 3.86. The Morgan fingerprint density at radius 1 is 1.20 bits per heavy atom. The molecule has 1 aromatic rings. The van der Waals surface area contributed by atoms with E-state index in [0.29, 0.717) is 18.2 Å². The van der Waals surface area contributed by atoms with Crippen LogP contribution in [0.4, 0.5) is 0 Å².